The average Bonchev–Trinajstić information content (AvgIpc) is 3.18. The maximum atomic E-state index is 12.9. The zero-order valence-electron chi connectivity index (χ0n) is 14.2. The molecule has 0 bridgehead atoms. The van der Waals surface area contributed by atoms with Crippen LogP contribution in [0.1, 0.15) is 12.0 Å². The van der Waals surface area contributed by atoms with Crippen LogP contribution in [0, 0.1) is 11.3 Å². The van der Waals surface area contributed by atoms with Crippen molar-refractivity contribution in [2.75, 3.05) is 4.90 Å². The topological polar surface area (TPSA) is 61.9 Å². The molecule has 3 heterocycles. The number of thiocarbonyl (C=S) groups is 1. The van der Waals surface area contributed by atoms with Gasteiger partial charge in [-0.05, 0) is 24.3 Å². The minimum absolute atomic E-state index is 0.146. The summed E-state index contributed by atoms with van der Waals surface area (Å²) in [6.45, 7) is 0.613. The summed E-state index contributed by atoms with van der Waals surface area (Å²) in [5.74, 6) is -0.146. The molecule has 132 valence electrons. The quantitative estimate of drug-likeness (QED) is 0.489. The fourth-order valence-electron chi connectivity index (χ4n) is 3.06. The number of benzene rings is 1. The summed E-state index contributed by atoms with van der Waals surface area (Å²) in [6.07, 6.45) is 7.58. The van der Waals surface area contributed by atoms with E-state index in [0.29, 0.717) is 27.9 Å². The highest BCUT2D eigenvalue weighted by molar-refractivity contribution is 8.27. The number of fused-ring (bicyclic) bond motifs is 1. The van der Waals surface area contributed by atoms with Gasteiger partial charge < -0.3 is 4.57 Å². The van der Waals surface area contributed by atoms with E-state index < -0.39 is 0 Å². The van der Waals surface area contributed by atoms with Gasteiger partial charge in [0.05, 0.1) is 29.3 Å². The van der Waals surface area contributed by atoms with E-state index in [4.69, 9.17) is 17.5 Å². The summed E-state index contributed by atoms with van der Waals surface area (Å²) in [5.41, 5.74) is 2.65. The van der Waals surface area contributed by atoms with Crippen LogP contribution < -0.4 is 4.90 Å². The van der Waals surface area contributed by atoms with Crippen molar-refractivity contribution in [1.82, 2.24) is 9.55 Å². The first-order valence-corrected chi connectivity index (χ1v) is 9.54. The number of hydrogen-bond donors (Lipinski definition) is 0. The number of nitrogens with zero attached hydrogens (tertiary/aromatic N) is 4. The Balaban J connectivity index is 1.73. The van der Waals surface area contributed by atoms with Crippen molar-refractivity contribution in [1.29, 1.82) is 5.26 Å². The van der Waals surface area contributed by atoms with Crippen LogP contribution in [0.3, 0.4) is 0 Å². The number of carbonyl (C=O) groups excluding carboxylic acids is 1. The summed E-state index contributed by atoms with van der Waals surface area (Å²) >= 11 is 6.70. The molecule has 7 heteroatoms. The van der Waals surface area contributed by atoms with Crippen LogP contribution in [-0.4, -0.2) is 19.8 Å². The Morgan fingerprint density at radius 3 is 2.89 bits per heavy atom. The number of nitriles is 1. The molecule has 3 aromatic rings. The van der Waals surface area contributed by atoms with Gasteiger partial charge in [-0.25, -0.2) is 0 Å². The van der Waals surface area contributed by atoms with Crippen LogP contribution in [0.5, 0.6) is 0 Å². The van der Waals surface area contributed by atoms with Gasteiger partial charge in [-0.2, -0.15) is 5.26 Å². The van der Waals surface area contributed by atoms with E-state index in [1.807, 2.05) is 47.2 Å². The van der Waals surface area contributed by atoms with Gasteiger partial charge in [0.2, 0.25) is 0 Å². The van der Waals surface area contributed by atoms with Crippen LogP contribution >= 0.6 is 24.0 Å². The molecule has 1 aromatic carbocycles. The number of carbonyl (C=O) groups is 1. The highest BCUT2D eigenvalue weighted by atomic mass is 32.2. The van der Waals surface area contributed by atoms with Crippen molar-refractivity contribution in [2.45, 2.75) is 13.0 Å². The van der Waals surface area contributed by atoms with Crippen LogP contribution in [-0.2, 0) is 11.3 Å². The number of aromatic nitrogens is 2. The van der Waals surface area contributed by atoms with E-state index in [1.165, 1.54) is 16.7 Å². The Hall–Kier alpha value is -2.95. The number of hydrogen-bond acceptors (Lipinski definition) is 5. The number of anilines is 1. The monoisotopic (exact) mass is 390 g/mol. The SMILES string of the molecule is N#CCCn1cc(/C=C2\SC(=S)N(c3cccnc3)C2=O)c2ccccc21. The Morgan fingerprint density at radius 1 is 1.26 bits per heavy atom. The summed E-state index contributed by atoms with van der Waals surface area (Å²) in [7, 11) is 0. The molecule has 0 saturated carbocycles. The lowest BCUT2D eigenvalue weighted by Gasteiger charge is -2.13. The van der Waals surface area contributed by atoms with E-state index >= 15 is 0 Å². The van der Waals surface area contributed by atoms with Crippen molar-refractivity contribution in [3.8, 4) is 6.07 Å². The third kappa shape index (κ3) is 3.25. The molecule has 0 spiro atoms. The van der Waals surface area contributed by atoms with Crippen LogP contribution in [0.15, 0.2) is 59.9 Å². The lowest BCUT2D eigenvalue weighted by molar-refractivity contribution is -0.113. The van der Waals surface area contributed by atoms with Crippen molar-refractivity contribution < 1.29 is 4.79 Å². The smallest absolute Gasteiger partial charge is 0.270 e. The van der Waals surface area contributed by atoms with E-state index in [9.17, 15) is 4.79 Å². The normalized spacial score (nSPS) is 15.7. The number of rotatable bonds is 4. The minimum atomic E-state index is -0.146. The van der Waals surface area contributed by atoms with E-state index in [2.05, 4.69) is 11.1 Å². The zero-order valence-corrected chi connectivity index (χ0v) is 15.8. The number of para-hydroxylation sites is 1. The molecular formula is C20H14N4OS2. The molecular weight excluding hydrogens is 376 g/mol. The Labute approximate surface area is 165 Å². The summed E-state index contributed by atoms with van der Waals surface area (Å²) in [6, 6.07) is 13.7. The highest BCUT2D eigenvalue weighted by Gasteiger charge is 2.33. The Morgan fingerprint density at radius 2 is 2.11 bits per heavy atom. The molecule has 27 heavy (non-hydrogen) atoms. The molecule has 0 aliphatic carbocycles. The highest BCUT2D eigenvalue weighted by Crippen LogP contribution is 2.36. The zero-order chi connectivity index (χ0) is 18.8. The van der Waals surface area contributed by atoms with Crippen molar-refractivity contribution >= 4 is 56.9 Å². The van der Waals surface area contributed by atoms with Crippen LogP contribution in [0.25, 0.3) is 17.0 Å². The molecule has 1 aliphatic heterocycles. The minimum Gasteiger partial charge on any atom is -0.346 e. The maximum absolute atomic E-state index is 12.9. The van der Waals surface area contributed by atoms with Gasteiger partial charge in [-0.3, -0.25) is 14.7 Å². The molecule has 1 saturated heterocycles. The van der Waals surface area contributed by atoms with Crippen molar-refractivity contribution in [2.24, 2.45) is 0 Å². The van der Waals surface area contributed by atoms with Gasteiger partial charge in [-0.15, -0.1) is 0 Å². The van der Waals surface area contributed by atoms with Gasteiger partial charge >= 0.3 is 0 Å². The fourth-order valence-corrected chi connectivity index (χ4v) is 4.35. The second-order valence-electron chi connectivity index (χ2n) is 5.93. The predicted molar refractivity (Wildman–Crippen MR) is 112 cm³/mol. The third-order valence-corrected chi connectivity index (χ3v) is 5.57. The third-order valence-electron chi connectivity index (χ3n) is 4.27. The predicted octanol–water partition coefficient (Wildman–Crippen LogP) is 4.36. The van der Waals surface area contributed by atoms with Crippen molar-refractivity contribution in [3.05, 3.63) is 65.5 Å². The number of pyridine rings is 1. The van der Waals surface area contributed by atoms with Crippen LogP contribution in [0.2, 0.25) is 0 Å². The van der Waals surface area contributed by atoms with E-state index in [-0.39, 0.29) is 5.91 Å². The average molecular weight is 390 g/mol. The van der Waals surface area contributed by atoms with Gasteiger partial charge in [0.1, 0.15) is 0 Å². The first-order valence-electron chi connectivity index (χ1n) is 8.32. The molecule has 0 radical (unpaired) electrons. The molecule has 1 aliphatic rings. The second-order valence-corrected chi connectivity index (χ2v) is 7.61. The molecule has 0 unspecified atom stereocenters. The molecule has 1 fully saturated rings. The second kappa shape index (κ2) is 7.35. The fraction of sp³-hybridized carbons (Fsp3) is 0.100. The van der Waals surface area contributed by atoms with Gasteiger partial charge in [0.25, 0.3) is 5.91 Å². The van der Waals surface area contributed by atoms with Crippen LogP contribution in [0.4, 0.5) is 5.69 Å². The molecule has 0 N–H and O–H groups in total. The van der Waals surface area contributed by atoms with Crippen molar-refractivity contribution in [3.63, 3.8) is 0 Å². The summed E-state index contributed by atoms with van der Waals surface area (Å²) in [4.78, 5) is 19.1. The largest absolute Gasteiger partial charge is 0.346 e. The lowest BCUT2D eigenvalue weighted by atomic mass is 10.1. The molecule has 2 aromatic heterocycles. The molecule has 5 nitrogen and oxygen atoms in total. The number of aryl methyl sites for hydroxylation is 1. The van der Waals surface area contributed by atoms with E-state index in [0.717, 1.165) is 16.5 Å². The maximum Gasteiger partial charge on any atom is 0.270 e. The van der Waals surface area contributed by atoms with Gasteiger partial charge in [0, 0.05) is 35.4 Å². The number of amides is 1. The first kappa shape index (κ1) is 17.5. The molecule has 4 rings (SSSR count). The Bertz CT molecular complexity index is 1110. The lowest BCUT2D eigenvalue weighted by Crippen LogP contribution is -2.27. The number of thioether (sulfide) groups is 1. The van der Waals surface area contributed by atoms with Gasteiger partial charge in [-0.1, -0.05) is 42.2 Å². The van der Waals surface area contributed by atoms with E-state index in [1.54, 1.807) is 18.5 Å². The van der Waals surface area contributed by atoms with Gasteiger partial charge in [0.15, 0.2) is 4.32 Å². The standard InChI is InChI=1S/C20H14N4OS2/c21-8-4-10-23-13-14(16-6-1-2-7-17(16)23)11-18-19(25)24(20(26)27-18)15-5-3-9-22-12-15/h1-3,5-7,9,11-13H,4,10H2/b18-11-. The molecule has 1 amide bonds. The summed E-state index contributed by atoms with van der Waals surface area (Å²) in [5, 5.41) is 9.93. The first-order chi connectivity index (χ1) is 13.2. The summed E-state index contributed by atoms with van der Waals surface area (Å²) < 4.78 is 2.54. The Kier molecular flexibility index (Phi) is 4.75. The molecule has 0 atom stereocenters.